The number of hydrogen-bond acceptors (Lipinski definition) is 4. The fourth-order valence-corrected chi connectivity index (χ4v) is 4.86. The number of hydrogen-bond donors (Lipinski definition) is 1. The molecule has 36 heavy (non-hydrogen) atoms. The van der Waals surface area contributed by atoms with Gasteiger partial charge in [0.2, 0.25) is 11.8 Å². The van der Waals surface area contributed by atoms with Crippen LogP contribution in [-0.2, 0) is 27.5 Å². The highest BCUT2D eigenvalue weighted by Crippen LogP contribution is 2.34. The molecule has 1 saturated carbocycles. The second kappa shape index (κ2) is 12.4. The highest BCUT2D eigenvalue weighted by molar-refractivity contribution is 6.30. The van der Waals surface area contributed by atoms with Gasteiger partial charge in [0.1, 0.15) is 0 Å². The molecule has 4 rings (SSSR count). The van der Waals surface area contributed by atoms with Gasteiger partial charge in [0.15, 0.2) is 0 Å². The minimum absolute atomic E-state index is 0.0310. The van der Waals surface area contributed by atoms with Gasteiger partial charge in [0.25, 0.3) is 0 Å². The van der Waals surface area contributed by atoms with Gasteiger partial charge in [-0.1, -0.05) is 41.9 Å². The molecule has 1 heterocycles. The smallest absolute Gasteiger partial charge is 0.303 e. The number of carboxylic acid groups (broad SMARTS) is 1. The molecule has 0 aromatic heterocycles. The van der Waals surface area contributed by atoms with Crippen molar-refractivity contribution in [2.45, 2.75) is 51.6 Å². The van der Waals surface area contributed by atoms with Crippen molar-refractivity contribution in [3.05, 3.63) is 64.7 Å². The lowest BCUT2D eigenvalue weighted by Crippen LogP contribution is -2.39. The van der Waals surface area contributed by atoms with Crippen LogP contribution < -0.4 is 4.90 Å². The van der Waals surface area contributed by atoms with Crippen LogP contribution in [0.15, 0.2) is 48.5 Å². The molecular weight excluding hydrogens is 478 g/mol. The van der Waals surface area contributed by atoms with Gasteiger partial charge < -0.3 is 14.9 Å². The first-order valence-electron chi connectivity index (χ1n) is 12.8. The largest absolute Gasteiger partial charge is 0.481 e. The number of halogens is 1. The number of aliphatic carboxylic acids is 1. The molecule has 2 aliphatic rings. The van der Waals surface area contributed by atoms with Gasteiger partial charge in [0, 0.05) is 62.3 Å². The fraction of sp³-hybridized carbons (Fsp3) is 0.464. The number of fused-ring (bicyclic) bond motifs is 1. The van der Waals surface area contributed by atoms with E-state index < -0.39 is 5.97 Å². The molecule has 7 nitrogen and oxygen atoms in total. The summed E-state index contributed by atoms with van der Waals surface area (Å²) < 4.78 is 0. The van der Waals surface area contributed by atoms with Gasteiger partial charge in [-0.15, -0.1) is 0 Å². The first-order chi connectivity index (χ1) is 17.4. The number of nitrogens with zero attached hydrogens (tertiary/aromatic N) is 3. The Balaban J connectivity index is 1.58. The Morgan fingerprint density at radius 1 is 0.889 bits per heavy atom. The summed E-state index contributed by atoms with van der Waals surface area (Å²) in [6.07, 6.45) is 3.27. The monoisotopic (exact) mass is 511 g/mol. The molecule has 2 amide bonds. The molecular formula is C28H34ClN3O4. The van der Waals surface area contributed by atoms with Crippen molar-refractivity contribution in [3.8, 4) is 0 Å². The summed E-state index contributed by atoms with van der Waals surface area (Å²) in [6, 6.07) is 15.6. The Morgan fingerprint density at radius 2 is 1.58 bits per heavy atom. The van der Waals surface area contributed by atoms with Crippen LogP contribution in [0, 0.1) is 5.92 Å². The Labute approximate surface area is 217 Å². The number of amides is 2. The molecule has 8 heteroatoms. The standard InChI is InChI=1S/C28H34ClN3O4/c29-24-11-7-21(8-12-24)19-30-15-3-17-31(26(33)13-14-27(34)35)20-23-5-1-2-6-25(23)32(18-4-16-30)28(36)22-9-10-22/h1-2,5-8,11-12,22H,3-4,9-10,13-20H2,(H,34,35). The summed E-state index contributed by atoms with van der Waals surface area (Å²) in [5.41, 5.74) is 2.95. The van der Waals surface area contributed by atoms with Gasteiger partial charge in [-0.3, -0.25) is 19.3 Å². The van der Waals surface area contributed by atoms with E-state index >= 15 is 0 Å². The highest BCUT2D eigenvalue weighted by atomic mass is 35.5. The number of rotatable bonds is 6. The van der Waals surface area contributed by atoms with Crippen LogP contribution >= 0.6 is 11.6 Å². The van der Waals surface area contributed by atoms with E-state index in [1.165, 1.54) is 0 Å². The van der Waals surface area contributed by atoms with E-state index in [0.29, 0.717) is 24.7 Å². The molecule has 0 bridgehead atoms. The summed E-state index contributed by atoms with van der Waals surface area (Å²) in [7, 11) is 0. The number of carboxylic acids is 1. The van der Waals surface area contributed by atoms with E-state index in [-0.39, 0.29) is 30.6 Å². The van der Waals surface area contributed by atoms with Gasteiger partial charge in [0.05, 0.1) is 6.42 Å². The van der Waals surface area contributed by atoms with Crippen molar-refractivity contribution in [2.75, 3.05) is 31.1 Å². The average molecular weight is 512 g/mol. The van der Waals surface area contributed by atoms with Crippen LogP contribution in [0.2, 0.25) is 5.02 Å². The summed E-state index contributed by atoms with van der Waals surface area (Å²) in [6.45, 7) is 3.89. The van der Waals surface area contributed by atoms with E-state index in [0.717, 1.165) is 62.1 Å². The topological polar surface area (TPSA) is 81.2 Å². The van der Waals surface area contributed by atoms with Crippen molar-refractivity contribution >= 4 is 35.1 Å². The molecule has 0 saturated heterocycles. The molecule has 2 aromatic carbocycles. The van der Waals surface area contributed by atoms with Gasteiger partial charge in [-0.05, 0) is 55.0 Å². The highest BCUT2D eigenvalue weighted by Gasteiger charge is 2.35. The lowest BCUT2D eigenvalue weighted by atomic mass is 10.1. The molecule has 192 valence electrons. The molecule has 1 aliphatic heterocycles. The molecule has 0 spiro atoms. The van der Waals surface area contributed by atoms with Gasteiger partial charge in [-0.25, -0.2) is 0 Å². The normalized spacial score (nSPS) is 17.6. The van der Waals surface area contributed by atoms with E-state index in [2.05, 4.69) is 4.90 Å². The van der Waals surface area contributed by atoms with E-state index in [9.17, 15) is 14.4 Å². The van der Waals surface area contributed by atoms with Crippen molar-refractivity contribution in [3.63, 3.8) is 0 Å². The molecule has 1 fully saturated rings. The predicted molar refractivity (Wildman–Crippen MR) is 140 cm³/mol. The Kier molecular flexibility index (Phi) is 8.99. The maximum atomic E-state index is 13.3. The number of carbonyl (C=O) groups excluding carboxylic acids is 2. The third-order valence-electron chi connectivity index (χ3n) is 6.82. The van der Waals surface area contributed by atoms with E-state index in [1.807, 2.05) is 53.4 Å². The molecule has 0 radical (unpaired) electrons. The summed E-state index contributed by atoms with van der Waals surface area (Å²) in [5.74, 6) is -0.904. The molecule has 0 unspecified atom stereocenters. The maximum absolute atomic E-state index is 13.3. The Bertz CT molecular complexity index is 1070. The summed E-state index contributed by atoms with van der Waals surface area (Å²) in [4.78, 5) is 43.4. The second-order valence-corrected chi connectivity index (χ2v) is 10.1. The lowest BCUT2D eigenvalue weighted by Gasteiger charge is -2.32. The van der Waals surface area contributed by atoms with Crippen LogP contribution in [0.4, 0.5) is 5.69 Å². The second-order valence-electron chi connectivity index (χ2n) is 9.71. The van der Waals surface area contributed by atoms with Crippen LogP contribution in [0.25, 0.3) is 0 Å². The van der Waals surface area contributed by atoms with Crippen molar-refractivity contribution in [1.29, 1.82) is 0 Å². The van der Waals surface area contributed by atoms with Crippen LogP contribution in [-0.4, -0.2) is 58.9 Å². The number of para-hydroxylation sites is 1. The van der Waals surface area contributed by atoms with Crippen molar-refractivity contribution in [1.82, 2.24) is 9.80 Å². The average Bonchev–Trinajstić information content (AvgIpc) is 3.70. The zero-order valence-electron chi connectivity index (χ0n) is 20.6. The Morgan fingerprint density at radius 3 is 2.28 bits per heavy atom. The van der Waals surface area contributed by atoms with E-state index in [4.69, 9.17) is 16.7 Å². The number of benzene rings is 2. The van der Waals surface area contributed by atoms with Crippen LogP contribution in [0.5, 0.6) is 0 Å². The zero-order chi connectivity index (χ0) is 25.5. The summed E-state index contributed by atoms with van der Waals surface area (Å²) in [5, 5.41) is 9.79. The lowest BCUT2D eigenvalue weighted by molar-refractivity contribution is -0.141. The zero-order valence-corrected chi connectivity index (χ0v) is 21.3. The SMILES string of the molecule is O=C(O)CCC(=O)N1CCCN(Cc2ccc(Cl)cc2)CCCN(C(=O)C2CC2)c2ccccc2C1. The van der Waals surface area contributed by atoms with Gasteiger partial charge >= 0.3 is 5.97 Å². The molecule has 1 N–H and O–H groups in total. The fourth-order valence-electron chi connectivity index (χ4n) is 4.73. The minimum Gasteiger partial charge on any atom is -0.481 e. The quantitative estimate of drug-likeness (QED) is 0.614. The minimum atomic E-state index is -0.978. The first kappa shape index (κ1) is 26.2. The van der Waals surface area contributed by atoms with E-state index in [1.54, 1.807) is 4.90 Å². The number of anilines is 1. The predicted octanol–water partition coefficient (Wildman–Crippen LogP) is 4.57. The number of carbonyl (C=O) groups is 3. The Hall–Kier alpha value is -2.90. The van der Waals surface area contributed by atoms with Crippen LogP contribution in [0.1, 0.15) is 49.7 Å². The molecule has 1 aliphatic carbocycles. The van der Waals surface area contributed by atoms with Gasteiger partial charge in [-0.2, -0.15) is 0 Å². The van der Waals surface area contributed by atoms with Crippen LogP contribution in [0.3, 0.4) is 0 Å². The van der Waals surface area contributed by atoms with Crippen molar-refractivity contribution < 1.29 is 19.5 Å². The molecule has 2 aromatic rings. The van der Waals surface area contributed by atoms with Crippen molar-refractivity contribution in [2.24, 2.45) is 5.92 Å². The summed E-state index contributed by atoms with van der Waals surface area (Å²) >= 11 is 6.06. The maximum Gasteiger partial charge on any atom is 0.303 e. The third-order valence-corrected chi connectivity index (χ3v) is 7.07. The first-order valence-corrected chi connectivity index (χ1v) is 13.1. The molecule has 0 atom stereocenters. The third kappa shape index (κ3) is 7.31.